The molecule has 1 aliphatic carbocycles. The van der Waals surface area contributed by atoms with Crippen LogP contribution in [0.4, 0.5) is 0 Å². The van der Waals surface area contributed by atoms with Crippen LogP contribution < -0.4 is 5.73 Å². The first kappa shape index (κ1) is 8.76. The van der Waals surface area contributed by atoms with E-state index in [0.29, 0.717) is 6.04 Å². The van der Waals surface area contributed by atoms with E-state index < -0.39 is 0 Å². The maximum absolute atomic E-state index is 6.03. The largest absolute Gasteiger partial charge is 0.327 e. The van der Waals surface area contributed by atoms with Crippen LogP contribution in [-0.2, 0) is 5.41 Å². The van der Waals surface area contributed by atoms with Crippen molar-refractivity contribution >= 4 is 0 Å². The molecule has 1 aromatic rings. The summed E-state index contributed by atoms with van der Waals surface area (Å²) in [7, 11) is 0. The Morgan fingerprint density at radius 1 is 1.31 bits per heavy atom. The Kier molecular flexibility index (Phi) is 1.92. The summed E-state index contributed by atoms with van der Waals surface area (Å²) >= 11 is 0. The van der Waals surface area contributed by atoms with Gasteiger partial charge in [0.15, 0.2) is 0 Å². The Hall–Kier alpha value is -0.820. The SMILES string of the molecule is Cc1ccc(C2(C)CCC2N)cc1. The molecule has 1 heteroatoms. The molecular formula is C12H17N. The van der Waals surface area contributed by atoms with Crippen LogP contribution >= 0.6 is 0 Å². The van der Waals surface area contributed by atoms with Crippen LogP contribution in [0.5, 0.6) is 0 Å². The molecule has 1 fully saturated rings. The predicted octanol–water partition coefficient (Wildman–Crippen LogP) is 2.37. The smallest absolute Gasteiger partial charge is 0.0134 e. The molecule has 0 heterocycles. The summed E-state index contributed by atoms with van der Waals surface area (Å²) in [5.41, 5.74) is 8.99. The van der Waals surface area contributed by atoms with Gasteiger partial charge in [0.05, 0.1) is 0 Å². The zero-order chi connectivity index (χ0) is 9.47. The summed E-state index contributed by atoms with van der Waals surface area (Å²) in [6, 6.07) is 9.13. The number of rotatable bonds is 1. The number of aryl methyl sites for hydroxylation is 1. The molecule has 0 bridgehead atoms. The van der Waals surface area contributed by atoms with Crippen molar-refractivity contribution in [2.24, 2.45) is 5.73 Å². The van der Waals surface area contributed by atoms with Crippen LogP contribution in [0.3, 0.4) is 0 Å². The van der Waals surface area contributed by atoms with E-state index in [1.807, 2.05) is 0 Å². The number of nitrogens with two attached hydrogens (primary N) is 1. The van der Waals surface area contributed by atoms with Gasteiger partial charge in [0.1, 0.15) is 0 Å². The summed E-state index contributed by atoms with van der Waals surface area (Å²) in [5, 5.41) is 0. The highest BCUT2D eigenvalue weighted by Crippen LogP contribution is 2.42. The lowest BCUT2D eigenvalue weighted by molar-refractivity contribution is 0.217. The summed E-state index contributed by atoms with van der Waals surface area (Å²) in [5.74, 6) is 0. The van der Waals surface area contributed by atoms with Crippen molar-refractivity contribution < 1.29 is 0 Å². The van der Waals surface area contributed by atoms with Gasteiger partial charge in [-0.05, 0) is 25.3 Å². The molecule has 0 amide bonds. The topological polar surface area (TPSA) is 26.0 Å². The quantitative estimate of drug-likeness (QED) is 0.696. The van der Waals surface area contributed by atoms with Crippen LogP contribution in [0.25, 0.3) is 0 Å². The van der Waals surface area contributed by atoms with Crippen LogP contribution in [0.1, 0.15) is 30.9 Å². The van der Waals surface area contributed by atoms with E-state index >= 15 is 0 Å². The average Bonchev–Trinajstić information content (AvgIpc) is 2.15. The summed E-state index contributed by atoms with van der Waals surface area (Å²) in [6.45, 7) is 4.39. The van der Waals surface area contributed by atoms with Gasteiger partial charge in [0.2, 0.25) is 0 Å². The van der Waals surface area contributed by atoms with E-state index in [0.717, 1.165) is 0 Å². The monoisotopic (exact) mass is 175 g/mol. The third-order valence-electron chi connectivity index (χ3n) is 3.50. The first-order valence-electron chi connectivity index (χ1n) is 4.96. The van der Waals surface area contributed by atoms with E-state index in [9.17, 15) is 0 Å². The van der Waals surface area contributed by atoms with Crippen molar-refractivity contribution in [2.75, 3.05) is 0 Å². The second-order valence-corrected chi connectivity index (χ2v) is 4.43. The molecule has 0 saturated heterocycles. The van der Waals surface area contributed by atoms with Crippen molar-refractivity contribution in [1.82, 2.24) is 0 Å². The average molecular weight is 175 g/mol. The molecular weight excluding hydrogens is 158 g/mol. The van der Waals surface area contributed by atoms with Crippen LogP contribution in [0.2, 0.25) is 0 Å². The molecule has 0 spiro atoms. The Bertz CT molecular complexity index is 301. The molecule has 70 valence electrons. The van der Waals surface area contributed by atoms with Gasteiger partial charge < -0.3 is 5.73 Å². The number of benzene rings is 1. The predicted molar refractivity (Wildman–Crippen MR) is 55.7 cm³/mol. The highest BCUT2D eigenvalue weighted by Gasteiger charge is 2.41. The third kappa shape index (κ3) is 1.28. The Morgan fingerprint density at radius 2 is 1.92 bits per heavy atom. The van der Waals surface area contributed by atoms with Gasteiger partial charge in [-0.25, -0.2) is 0 Å². The van der Waals surface area contributed by atoms with Crippen LogP contribution in [0, 0.1) is 6.92 Å². The first-order chi connectivity index (χ1) is 6.13. The molecule has 13 heavy (non-hydrogen) atoms. The highest BCUT2D eigenvalue weighted by molar-refractivity contribution is 5.32. The van der Waals surface area contributed by atoms with Crippen molar-refractivity contribution in [1.29, 1.82) is 0 Å². The molecule has 0 radical (unpaired) electrons. The lowest BCUT2D eigenvalue weighted by Crippen LogP contribution is -2.51. The Morgan fingerprint density at radius 3 is 2.31 bits per heavy atom. The van der Waals surface area contributed by atoms with Gasteiger partial charge in [0.25, 0.3) is 0 Å². The highest BCUT2D eigenvalue weighted by atomic mass is 14.7. The molecule has 2 atom stereocenters. The number of hydrogen-bond acceptors (Lipinski definition) is 1. The molecule has 1 nitrogen and oxygen atoms in total. The lowest BCUT2D eigenvalue weighted by atomic mass is 9.62. The van der Waals surface area contributed by atoms with Crippen molar-refractivity contribution in [2.45, 2.75) is 38.1 Å². The molecule has 0 aliphatic heterocycles. The molecule has 1 aliphatic rings. The molecule has 0 aromatic heterocycles. The fraction of sp³-hybridized carbons (Fsp3) is 0.500. The maximum atomic E-state index is 6.03. The normalized spacial score (nSPS) is 32.7. The van der Waals surface area contributed by atoms with Gasteiger partial charge in [-0.2, -0.15) is 0 Å². The third-order valence-corrected chi connectivity index (χ3v) is 3.50. The minimum Gasteiger partial charge on any atom is -0.327 e. The van der Waals surface area contributed by atoms with E-state index in [4.69, 9.17) is 5.73 Å². The lowest BCUT2D eigenvalue weighted by Gasteiger charge is -2.45. The summed E-state index contributed by atoms with van der Waals surface area (Å²) in [6.07, 6.45) is 2.40. The summed E-state index contributed by atoms with van der Waals surface area (Å²) in [4.78, 5) is 0. The molecule has 2 unspecified atom stereocenters. The van der Waals surface area contributed by atoms with Gasteiger partial charge in [-0.3, -0.25) is 0 Å². The van der Waals surface area contributed by atoms with Gasteiger partial charge in [-0.1, -0.05) is 36.8 Å². The molecule has 1 saturated carbocycles. The standard InChI is InChI=1S/C12H17N/c1-9-3-5-10(6-4-9)12(2)8-7-11(12)13/h3-6,11H,7-8,13H2,1-2H3. The van der Waals surface area contributed by atoms with Gasteiger partial charge >= 0.3 is 0 Å². The minimum atomic E-state index is 0.244. The van der Waals surface area contributed by atoms with Gasteiger partial charge in [-0.15, -0.1) is 0 Å². The molecule has 2 rings (SSSR count). The van der Waals surface area contributed by atoms with Crippen LogP contribution in [-0.4, -0.2) is 6.04 Å². The zero-order valence-electron chi connectivity index (χ0n) is 8.38. The molecule has 2 N–H and O–H groups in total. The first-order valence-corrected chi connectivity index (χ1v) is 4.96. The molecule has 1 aromatic carbocycles. The van der Waals surface area contributed by atoms with E-state index in [1.165, 1.54) is 24.0 Å². The zero-order valence-corrected chi connectivity index (χ0v) is 8.38. The van der Waals surface area contributed by atoms with Crippen molar-refractivity contribution in [3.63, 3.8) is 0 Å². The van der Waals surface area contributed by atoms with Crippen molar-refractivity contribution in [3.8, 4) is 0 Å². The Labute approximate surface area is 80.0 Å². The Balaban J connectivity index is 2.30. The van der Waals surface area contributed by atoms with Crippen molar-refractivity contribution in [3.05, 3.63) is 35.4 Å². The minimum absolute atomic E-state index is 0.244. The second-order valence-electron chi connectivity index (χ2n) is 4.43. The van der Waals surface area contributed by atoms with Gasteiger partial charge in [0, 0.05) is 11.5 Å². The number of hydrogen-bond donors (Lipinski definition) is 1. The fourth-order valence-corrected chi connectivity index (χ4v) is 2.04. The summed E-state index contributed by atoms with van der Waals surface area (Å²) < 4.78 is 0. The second kappa shape index (κ2) is 2.85. The fourth-order valence-electron chi connectivity index (χ4n) is 2.04. The van der Waals surface area contributed by atoms with Crippen LogP contribution in [0.15, 0.2) is 24.3 Å². The van der Waals surface area contributed by atoms with E-state index in [1.54, 1.807) is 0 Å². The van der Waals surface area contributed by atoms with E-state index in [-0.39, 0.29) is 5.41 Å². The maximum Gasteiger partial charge on any atom is 0.0134 e. The van der Waals surface area contributed by atoms with E-state index in [2.05, 4.69) is 38.1 Å².